The molecule has 1 nitrogen and oxygen atoms in total. The molecule has 2 rings (SSSR count). The normalized spacial score (nSPS) is 22.9. The van der Waals surface area contributed by atoms with Gasteiger partial charge in [0.1, 0.15) is 0 Å². The van der Waals surface area contributed by atoms with Gasteiger partial charge in [-0.25, -0.2) is 0 Å². The summed E-state index contributed by atoms with van der Waals surface area (Å²) in [5, 5.41) is 3.76. The molecule has 1 saturated carbocycles. The Morgan fingerprint density at radius 1 is 1.10 bits per heavy atom. The minimum atomic E-state index is 0.769. The average molecular weight is 292 g/mol. The van der Waals surface area contributed by atoms with E-state index >= 15 is 0 Å². The van der Waals surface area contributed by atoms with Crippen molar-refractivity contribution in [1.82, 2.24) is 5.32 Å². The van der Waals surface area contributed by atoms with Gasteiger partial charge in [-0.15, -0.1) is 0 Å². The number of nitrogens with one attached hydrogen (secondary N) is 1. The fourth-order valence-electron chi connectivity index (χ4n) is 3.28. The third-order valence-corrected chi connectivity index (χ3v) is 5.34. The smallest absolute Gasteiger partial charge is 0.0185 e. The Balaban J connectivity index is 1.63. The topological polar surface area (TPSA) is 12.0 Å². The number of benzene rings is 1. The first-order chi connectivity index (χ1) is 9.65. The van der Waals surface area contributed by atoms with E-state index in [9.17, 15) is 0 Å². The van der Waals surface area contributed by atoms with Crippen molar-refractivity contribution in [2.75, 3.05) is 12.3 Å². The van der Waals surface area contributed by atoms with Crippen molar-refractivity contribution in [3.05, 3.63) is 34.9 Å². The van der Waals surface area contributed by atoms with Gasteiger partial charge in [0.2, 0.25) is 0 Å². The van der Waals surface area contributed by atoms with Gasteiger partial charge in [-0.3, -0.25) is 0 Å². The minimum Gasteiger partial charge on any atom is -0.313 e. The Hall–Kier alpha value is -0.470. The van der Waals surface area contributed by atoms with Crippen molar-refractivity contribution < 1.29 is 0 Å². The zero-order valence-electron chi connectivity index (χ0n) is 13.2. The summed E-state index contributed by atoms with van der Waals surface area (Å²) in [6.07, 6.45) is 5.63. The van der Waals surface area contributed by atoms with E-state index < -0.39 is 0 Å². The highest BCUT2D eigenvalue weighted by molar-refractivity contribution is 7.98. The lowest BCUT2D eigenvalue weighted by Crippen LogP contribution is -2.38. The molecule has 0 amide bonds. The highest BCUT2D eigenvalue weighted by Crippen LogP contribution is 2.23. The third-order valence-electron chi connectivity index (χ3n) is 4.31. The number of hydrogen-bond acceptors (Lipinski definition) is 2. The quantitative estimate of drug-likeness (QED) is 0.762. The monoisotopic (exact) mass is 291 g/mol. The van der Waals surface area contributed by atoms with E-state index in [1.54, 1.807) is 0 Å². The van der Waals surface area contributed by atoms with Gasteiger partial charge in [0.05, 0.1) is 0 Å². The van der Waals surface area contributed by atoms with Gasteiger partial charge in [-0.2, -0.15) is 11.8 Å². The van der Waals surface area contributed by atoms with Crippen LogP contribution in [0.1, 0.15) is 49.3 Å². The van der Waals surface area contributed by atoms with Crippen molar-refractivity contribution in [3.8, 4) is 0 Å². The molecule has 2 atom stereocenters. The lowest BCUT2D eigenvalue weighted by molar-refractivity contribution is 0.285. The maximum absolute atomic E-state index is 3.76. The molecular formula is C18H29NS. The molecule has 20 heavy (non-hydrogen) atoms. The minimum absolute atomic E-state index is 0.769. The fraction of sp³-hybridized carbons (Fsp3) is 0.667. The summed E-state index contributed by atoms with van der Waals surface area (Å²) in [5.41, 5.74) is 4.24. The van der Waals surface area contributed by atoms with Crippen LogP contribution in [0.15, 0.2) is 18.2 Å². The Labute approximate surface area is 128 Å². The summed E-state index contributed by atoms with van der Waals surface area (Å²) in [6.45, 7) is 7.93. The van der Waals surface area contributed by atoms with Crippen LogP contribution >= 0.6 is 11.8 Å². The van der Waals surface area contributed by atoms with Crippen molar-refractivity contribution in [2.45, 2.75) is 58.2 Å². The van der Waals surface area contributed by atoms with Gasteiger partial charge >= 0.3 is 0 Å². The van der Waals surface area contributed by atoms with Gasteiger partial charge < -0.3 is 5.32 Å². The molecule has 0 bridgehead atoms. The molecule has 0 aliphatic heterocycles. The molecule has 112 valence electrons. The van der Waals surface area contributed by atoms with E-state index in [4.69, 9.17) is 0 Å². The fourth-order valence-corrected chi connectivity index (χ4v) is 4.09. The van der Waals surface area contributed by atoms with Crippen molar-refractivity contribution in [2.24, 2.45) is 5.92 Å². The summed E-state index contributed by atoms with van der Waals surface area (Å²) in [4.78, 5) is 0. The van der Waals surface area contributed by atoms with E-state index in [0.29, 0.717) is 0 Å². The van der Waals surface area contributed by atoms with Crippen LogP contribution in [0.4, 0.5) is 0 Å². The highest BCUT2D eigenvalue weighted by Gasteiger charge is 2.19. The largest absolute Gasteiger partial charge is 0.313 e. The Morgan fingerprint density at radius 3 is 2.50 bits per heavy atom. The maximum atomic E-state index is 3.76. The van der Waals surface area contributed by atoms with Crippen molar-refractivity contribution in [1.29, 1.82) is 0 Å². The first-order valence-corrected chi connectivity index (χ1v) is 9.19. The highest BCUT2D eigenvalue weighted by atomic mass is 32.2. The standard InChI is InChI=1S/C18H29NS/c1-14-10-15(2)12-17(11-14)13-20-9-8-19-18-7-5-4-6-16(18)3/h10-12,16,18-19H,4-9,13H2,1-3H3. The summed E-state index contributed by atoms with van der Waals surface area (Å²) in [7, 11) is 0. The predicted octanol–water partition coefficient (Wildman–Crippen LogP) is 4.70. The van der Waals surface area contributed by atoms with E-state index in [2.05, 4.69) is 56.0 Å². The second-order valence-corrected chi connectivity index (χ2v) is 7.48. The van der Waals surface area contributed by atoms with Gasteiger partial charge in [-0.05, 0) is 38.2 Å². The molecule has 1 aromatic rings. The lowest BCUT2D eigenvalue weighted by Gasteiger charge is -2.29. The molecule has 2 heteroatoms. The average Bonchev–Trinajstić information content (AvgIpc) is 2.39. The Morgan fingerprint density at radius 2 is 1.80 bits per heavy atom. The van der Waals surface area contributed by atoms with E-state index in [-0.39, 0.29) is 0 Å². The first kappa shape index (κ1) is 15.9. The zero-order valence-corrected chi connectivity index (χ0v) is 14.1. The number of aryl methyl sites for hydroxylation is 2. The molecule has 2 unspecified atom stereocenters. The lowest BCUT2D eigenvalue weighted by atomic mass is 9.86. The van der Waals surface area contributed by atoms with Gasteiger partial charge in [0.25, 0.3) is 0 Å². The summed E-state index contributed by atoms with van der Waals surface area (Å²) in [5.74, 6) is 3.23. The molecule has 1 aromatic carbocycles. The second-order valence-electron chi connectivity index (χ2n) is 6.37. The molecule has 1 fully saturated rings. The molecule has 1 N–H and O–H groups in total. The van der Waals surface area contributed by atoms with Crippen molar-refractivity contribution >= 4 is 11.8 Å². The third kappa shape index (κ3) is 5.14. The van der Waals surface area contributed by atoms with E-state index in [1.807, 2.05) is 0 Å². The summed E-state index contributed by atoms with van der Waals surface area (Å²) in [6, 6.07) is 7.65. The predicted molar refractivity (Wildman–Crippen MR) is 91.5 cm³/mol. The molecular weight excluding hydrogens is 262 g/mol. The van der Waals surface area contributed by atoms with Crippen LogP contribution in [0.25, 0.3) is 0 Å². The second kappa shape index (κ2) is 8.09. The number of thioether (sulfide) groups is 1. The summed E-state index contributed by atoms with van der Waals surface area (Å²) >= 11 is 2.05. The summed E-state index contributed by atoms with van der Waals surface area (Å²) < 4.78 is 0. The molecule has 0 aromatic heterocycles. The van der Waals surface area contributed by atoms with Gasteiger partial charge in [0, 0.05) is 24.1 Å². The van der Waals surface area contributed by atoms with Crippen LogP contribution in [-0.4, -0.2) is 18.3 Å². The molecule has 1 aliphatic rings. The molecule has 0 heterocycles. The van der Waals surface area contributed by atoms with E-state index in [1.165, 1.54) is 48.1 Å². The van der Waals surface area contributed by atoms with Crippen molar-refractivity contribution in [3.63, 3.8) is 0 Å². The molecule has 1 aliphatic carbocycles. The van der Waals surface area contributed by atoms with Gasteiger partial charge in [-0.1, -0.05) is 49.1 Å². The van der Waals surface area contributed by atoms with Crippen LogP contribution in [0.3, 0.4) is 0 Å². The van der Waals surface area contributed by atoms with E-state index in [0.717, 1.165) is 24.3 Å². The molecule has 0 saturated heterocycles. The maximum Gasteiger partial charge on any atom is 0.0185 e. The Kier molecular flexibility index (Phi) is 6.44. The first-order valence-electron chi connectivity index (χ1n) is 8.03. The SMILES string of the molecule is Cc1cc(C)cc(CSCCNC2CCCCC2C)c1. The molecule has 0 spiro atoms. The molecule has 0 radical (unpaired) electrons. The van der Waals surface area contributed by atoms with Crippen LogP contribution in [0, 0.1) is 19.8 Å². The van der Waals surface area contributed by atoms with Crippen LogP contribution in [-0.2, 0) is 5.75 Å². The zero-order chi connectivity index (χ0) is 14.4. The Bertz CT molecular complexity index is 396. The van der Waals surface area contributed by atoms with Crippen LogP contribution in [0.5, 0.6) is 0 Å². The van der Waals surface area contributed by atoms with Crippen LogP contribution in [0.2, 0.25) is 0 Å². The van der Waals surface area contributed by atoms with Crippen LogP contribution < -0.4 is 5.32 Å². The van der Waals surface area contributed by atoms with Gasteiger partial charge in [0.15, 0.2) is 0 Å². The number of hydrogen-bond donors (Lipinski definition) is 1. The number of rotatable bonds is 6.